The van der Waals surface area contributed by atoms with E-state index in [-0.39, 0.29) is 10.8 Å². The molecule has 0 bridgehead atoms. The van der Waals surface area contributed by atoms with Crippen LogP contribution in [0, 0.1) is 17.1 Å². The Kier molecular flexibility index (Phi) is 4.79. The highest BCUT2D eigenvalue weighted by Crippen LogP contribution is 2.36. The largest absolute Gasteiger partial charge is 0.453 e. The maximum Gasteiger partial charge on any atom is 0.181 e. The van der Waals surface area contributed by atoms with E-state index in [1.807, 2.05) is 13.0 Å². The predicted octanol–water partition coefficient (Wildman–Crippen LogP) is 4.55. The van der Waals surface area contributed by atoms with E-state index in [0.29, 0.717) is 23.3 Å². The SMILES string of the molecule is CC[C@@H](N)c1ccc(Cl)c(Oc2cccc(C#N)c2)c1F. The topological polar surface area (TPSA) is 59.0 Å². The molecule has 0 spiro atoms. The van der Waals surface area contributed by atoms with Crippen molar-refractivity contribution in [2.24, 2.45) is 5.73 Å². The van der Waals surface area contributed by atoms with Crippen LogP contribution in [-0.4, -0.2) is 0 Å². The Labute approximate surface area is 127 Å². The third-order valence-electron chi connectivity index (χ3n) is 3.10. The first-order valence-corrected chi connectivity index (χ1v) is 6.86. The molecule has 0 aliphatic carbocycles. The molecule has 0 amide bonds. The van der Waals surface area contributed by atoms with Gasteiger partial charge in [0, 0.05) is 11.6 Å². The summed E-state index contributed by atoms with van der Waals surface area (Å²) in [5.41, 5.74) is 6.65. The van der Waals surface area contributed by atoms with Gasteiger partial charge in [0.1, 0.15) is 5.75 Å². The summed E-state index contributed by atoms with van der Waals surface area (Å²) in [5.74, 6) is -0.301. The summed E-state index contributed by atoms with van der Waals surface area (Å²) < 4.78 is 20.0. The summed E-state index contributed by atoms with van der Waals surface area (Å²) in [7, 11) is 0. The minimum Gasteiger partial charge on any atom is -0.453 e. The molecule has 0 aliphatic heterocycles. The Morgan fingerprint density at radius 2 is 2.14 bits per heavy atom. The summed E-state index contributed by atoms with van der Waals surface area (Å²) in [5, 5.41) is 9.02. The maximum absolute atomic E-state index is 14.5. The molecule has 0 saturated heterocycles. The second-order valence-corrected chi connectivity index (χ2v) is 4.94. The molecular weight excluding hydrogens is 291 g/mol. The van der Waals surface area contributed by atoms with Crippen LogP contribution >= 0.6 is 11.6 Å². The van der Waals surface area contributed by atoms with Crippen LogP contribution in [0.1, 0.15) is 30.5 Å². The van der Waals surface area contributed by atoms with Crippen molar-refractivity contribution in [2.45, 2.75) is 19.4 Å². The van der Waals surface area contributed by atoms with Gasteiger partial charge in [-0.3, -0.25) is 0 Å². The van der Waals surface area contributed by atoms with E-state index in [4.69, 9.17) is 27.3 Å². The van der Waals surface area contributed by atoms with E-state index >= 15 is 0 Å². The molecule has 0 radical (unpaired) electrons. The fourth-order valence-corrected chi connectivity index (χ4v) is 2.08. The van der Waals surface area contributed by atoms with Crippen LogP contribution in [-0.2, 0) is 0 Å². The Morgan fingerprint density at radius 3 is 2.81 bits per heavy atom. The lowest BCUT2D eigenvalue weighted by molar-refractivity contribution is 0.434. The monoisotopic (exact) mass is 304 g/mol. The van der Waals surface area contributed by atoms with Gasteiger partial charge < -0.3 is 10.5 Å². The van der Waals surface area contributed by atoms with Crippen molar-refractivity contribution >= 4 is 11.6 Å². The van der Waals surface area contributed by atoms with Gasteiger partial charge in [0.2, 0.25) is 0 Å². The number of benzene rings is 2. The van der Waals surface area contributed by atoms with Gasteiger partial charge in [0.15, 0.2) is 11.6 Å². The fraction of sp³-hybridized carbons (Fsp3) is 0.188. The van der Waals surface area contributed by atoms with Crippen molar-refractivity contribution in [3.05, 3.63) is 58.4 Å². The first-order chi connectivity index (χ1) is 10.1. The first kappa shape index (κ1) is 15.3. The minimum absolute atomic E-state index is 0.0758. The van der Waals surface area contributed by atoms with E-state index in [2.05, 4.69) is 0 Å². The lowest BCUT2D eigenvalue weighted by atomic mass is 10.0. The smallest absolute Gasteiger partial charge is 0.181 e. The summed E-state index contributed by atoms with van der Waals surface area (Å²) in [6.45, 7) is 1.87. The molecule has 0 heterocycles. The van der Waals surface area contributed by atoms with Gasteiger partial charge in [-0.1, -0.05) is 30.7 Å². The van der Waals surface area contributed by atoms with Gasteiger partial charge in [0.05, 0.1) is 16.7 Å². The number of nitriles is 1. The highest BCUT2D eigenvalue weighted by atomic mass is 35.5. The number of hydrogen-bond acceptors (Lipinski definition) is 3. The van der Waals surface area contributed by atoms with Gasteiger partial charge in [-0.15, -0.1) is 0 Å². The lowest BCUT2D eigenvalue weighted by Gasteiger charge is -2.15. The Balaban J connectivity index is 2.41. The maximum atomic E-state index is 14.5. The number of nitrogens with zero attached hydrogens (tertiary/aromatic N) is 1. The van der Waals surface area contributed by atoms with Crippen molar-refractivity contribution < 1.29 is 9.13 Å². The molecule has 5 heteroatoms. The molecule has 0 unspecified atom stereocenters. The molecule has 0 aromatic heterocycles. The predicted molar refractivity (Wildman–Crippen MR) is 79.9 cm³/mol. The molecule has 2 N–H and O–H groups in total. The third kappa shape index (κ3) is 3.33. The molecule has 1 atom stereocenters. The highest BCUT2D eigenvalue weighted by molar-refractivity contribution is 6.32. The van der Waals surface area contributed by atoms with Gasteiger partial charge in [-0.05, 0) is 30.7 Å². The number of ether oxygens (including phenoxy) is 1. The number of halogens is 2. The summed E-state index contributed by atoms with van der Waals surface area (Å²) >= 11 is 6.00. The molecule has 2 aromatic rings. The second-order valence-electron chi connectivity index (χ2n) is 4.54. The van der Waals surface area contributed by atoms with Crippen LogP contribution in [0.3, 0.4) is 0 Å². The zero-order chi connectivity index (χ0) is 15.4. The number of nitrogens with two attached hydrogens (primary N) is 1. The van der Waals surface area contributed by atoms with Crippen molar-refractivity contribution in [1.82, 2.24) is 0 Å². The number of hydrogen-bond donors (Lipinski definition) is 1. The molecule has 0 aliphatic rings. The van der Waals surface area contributed by atoms with Crippen LogP contribution in [0.2, 0.25) is 5.02 Å². The molecule has 3 nitrogen and oxygen atoms in total. The molecule has 0 fully saturated rings. The van der Waals surface area contributed by atoms with Gasteiger partial charge in [0.25, 0.3) is 0 Å². The van der Waals surface area contributed by atoms with Crippen molar-refractivity contribution in [1.29, 1.82) is 5.26 Å². The summed E-state index contributed by atoms with van der Waals surface area (Å²) in [6.07, 6.45) is 0.599. The Bertz CT molecular complexity index is 697. The Morgan fingerprint density at radius 1 is 1.38 bits per heavy atom. The summed E-state index contributed by atoms with van der Waals surface area (Å²) in [6, 6.07) is 11.1. The van der Waals surface area contributed by atoms with Gasteiger partial charge in [-0.25, -0.2) is 4.39 Å². The fourth-order valence-electron chi connectivity index (χ4n) is 1.89. The third-order valence-corrected chi connectivity index (χ3v) is 3.40. The molecular formula is C16H14ClFN2O. The van der Waals surface area contributed by atoms with Crippen LogP contribution in [0.4, 0.5) is 4.39 Å². The molecule has 2 rings (SSSR count). The average molecular weight is 305 g/mol. The van der Waals surface area contributed by atoms with E-state index in [1.54, 1.807) is 30.3 Å². The Hall–Kier alpha value is -2.09. The van der Waals surface area contributed by atoms with Crippen LogP contribution in [0.15, 0.2) is 36.4 Å². The van der Waals surface area contributed by atoms with Crippen LogP contribution in [0.25, 0.3) is 0 Å². The van der Waals surface area contributed by atoms with Crippen LogP contribution < -0.4 is 10.5 Å². The van der Waals surface area contributed by atoms with E-state index in [9.17, 15) is 4.39 Å². The minimum atomic E-state index is -0.570. The van der Waals surface area contributed by atoms with Crippen molar-refractivity contribution in [3.8, 4) is 17.6 Å². The van der Waals surface area contributed by atoms with E-state index in [0.717, 1.165) is 0 Å². The number of rotatable bonds is 4. The standard InChI is InChI=1S/C16H14ClFN2O/c1-2-14(20)12-6-7-13(17)16(15(12)18)21-11-5-3-4-10(8-11)9-19/h3-8,14H,2,20H2,1H3/t14-/m1/s1. The zero-order valence-corrected chi connectivity index (χ0v) is 12.2. The average Bonchev–Trinajstić information content (AvgIpc) is 2.51. The zero-order valence-electron chi connectivity index (χ0n) is 11.4. The highest BCUT2D eigenvalue weighted by Gasteiger charge is 2.18. The van der Waals surface area contributed by atoms with Gasteiger partial charge >= 0.3 is 0 Å². The quantitative estimate of drug-likeness (QED) is 0.901. The molecule has 108 valence electrons. The lowest BCUT2D eigenvalue weighted by Crippen LogP contribution is -2.11. The molecule has 21 heavy (non-hydrogen) atoms. The molecule has 2 aromatic carbocycles. The summed E-state index contributed by atoms with van der Waals surface area (Å²) in [4.78, 5) is 0. The molecule has 0 saturated carbocycles. The van der Waals surface area contributed by atoms with E-state index in [1.165, 1.54) is 6.07 Å². The normalized spacial score (nSPS) is 11.8. The van der Waals surface area contributed by atoms with Crippen LogP contribution in [0.5, 0.6) is 11.5 Å². The second kappa shape index (κ2) is 6.57. The van der Waals surface area contributed by atoms with Crippen molar-refractivity contribution in [2.75, 3.05) is 0 Å². The van der Waals surface area contributed by atoms with Gasteiger partial charge in [-0.2, -0.15) is 5.26 Å². The first-order valence-electron chi connectivity index (χ1n) is 6.48. The van der Waals surface area contributed by atoms with E-state index < -0.39 is 11.9 Å². The van der Waals surface area contributed by atoms with Crippen molar-refractivity contribution in [3.63, 3.8) is 0 Å².